The molecule has 0 spiro atoms. The highest BCUT2D eigenvalue weighted by Gasteiger charge is 2.23. The fourth-order valence-electron chi connectivity index (χ4n) is 1.51. The maximum atomic E-state index is 11.8. The molecule has 1 aromatic heterocycles. The molecule has 1 saturated heterocycles. The summed E-state index contributed by atoms with van der Waals surface area (Å²) >= 11 is 1.78. The van der Waals surface area contributed by atoms with Gasteiger partial charge in [0.25, 0.3) is 0 Å². The highest BCUT2D eigenvalue weighted by molar-refractivity contribution is 7.99. The maximum Gasteiger partial charge on any atom is 0.169 e. The molecule has 1 aliphatic rings. The van der Waals surface area contributed by atoms with Crippen LogP contribution in [0.4, 0.5) is 0 Å². The van der Waals surface area contributed by atoms with Crippen LogP contribution in [0, 0.1) is 0 Å². The van der Waals surface area contributed by atoms with Crippen molar-refractivity contribution in [3.63, 3.8) is 0 Å². The summed E-state index contributed by atoms with van der Waals surface area (Å²) in [6.45, 7) is 0.682. The Balaban J connectivity index is 1.94. The lowest BCUT2D eigenvalue weighted by Gasteiger charge is -2.20. The number of hydrogen-bond donors (Lipinski definition) is 0. The van der Waals surface area contributed by atoms with Gasteiger partial charge >= 0.3 is 0 Å². The number of carbonyl (C=O) groups is 1. The lowest BCUT2D eigenvalue weighted by atomic mass is 10.2. The zero-order valence-electron chi connectivity index (χ0n) is 8.68. The summed E-state index contributed by atoms with van der Waals surface area (Å²) < 4.78 is 7.29. The van der Waals surface area contributed by atoms with Crippen molar-refractivity contribution in [2.45, 2.75) is 12.5 Å². The van der Waals surface area contributed by atoms with Crippen LogP contribution in [-0.2, 0) is 23.0 Å². The standard InChI is InChI=1S/C10H14N2O2S/c1-12-3-2-11-10(12)6-8(13)9-7-15-5-4-14-9/h2-3,9H,4-7H2,1H3. The summed E-state index contributed by atoms with van der Waals surface area (Å²) in [5, 5.41) is 0. The van der Waals surface area contributed by atoms with Crippen molar-refractivity contribution in [2.75, 3.05) is 18.1 Å². The second-order valence-electron chi connectivity index (χ2n) is 3.53. The smallest absolute Gasteiger partial charge is 0.169 e. The lowest BCUT2D eigenvalue weighted by Crippen LogP contribution is -2.33. The number of thioether (sulfide) groups is 1. The summed E-state index contributed by atoms with van der Waals surface area (Å²) in [5.74, 6) is 2.71. The van der Waals surface area contributed by atoms with Gasteiger partial charge in [-0.2, -0.15) is 11.8 Å². The number of hydrogen-bond acceptors (Lipinski definition) is 4. The first-order valence-electron chi connectivity index (χ1n) is 4.95. The maximum absolute atomic E-state index is 11.8. The second-order valence-corrected chi connectivity index (χ2v) is 4.68. The van der Waals surface area contributed by atoms with E-state index in [2.05, 4.69) is 4.98 Å². The Morgan fingerprint density at radius 1 is 1.80 bits per heavy atom. The summed E-state index contributed by atoms with van der Waals surface area (Å²) in [6.07, 6.45) is 3.69. The van der Waals surface area contributed by atoms with E-state index in [1.54, 1.807) is 18.0 Å². The number of ketones is 1. The summed E-state index contributed by atoms with van der Waals surface area (Å²) in [4.78, 5) is 16.0. The zero-order chi connectivity index (χ0) is 10.7. The van der Waals surface area contributed by atoms with E-state index in [-0.39, 0.29) is 11.9 Å². The molecule has 0 saturated carbocycles. The Hall–Kier alpha value is -0.810. The van der Waals surface area contributed by atoms with Crippen molar-refractivity contribution in [1.82, 2.24) is 9.55 Å². The fourth-order valence-corrected chi connectivity index (χ4v) is 2.39. The molecule has 0 aromatic carbocycles. The SMILES string of the molecule is Cn1ccnc1CC(=O)C1CSCCO1. The number of carbonyl (C=O) groups excluding carboxylic acids is 1. The van der Waals surface area contributed by atoms with Gasteiger partial charge in [-0.3, -0.25) is 4.79 Å². The van der Waals surface area contributed by atoms with Crippen LogP contribution >= 0.6 is 11.8 Å². The van der Waals surface area contributed by atoms with Crippen LogP contribution in [0.3, 0.4) is 0 Å². The Labute approximate surface area is 93.0 Å². The number of aromatic nitrogens is 2. The summed E-state index contributed by atoms with van der Waals surface area (Å²) in [5.41, 5.74) is 0. The van der Waals surface area contributed by atoms with Crippen molar-refractivity contribution in [3.8, 4) is 0 Å². The third-order valence-electron chi connectivity index (χ3n) is 2.43. The number of imidazole rings is 1. The molecule has 82 valence electrons. The van der Waals surface area contributed by atoms with Crippen molar-refractivity contribution in [1.29, 1.82) is 0 Å². The minimum absolute atomic E-state index is 0.136. The normalized spacial score (nSPS) is 21.5. The number of nitrogens with zero attached hydrogens (tertiary/aromatic N) is 2. The molecule has 2 heterocycles. The third-order valence-corrected chi connectivity index (χ3v) is 3.42. The van der Waals surface area contributed by atoms with Crippen LogP contribution < -0.4 is 0 Å². The fraction of sp³-hybridized carbons (Fsp3) is 0.600. The minimum atomic E-state index is -0.236. The monoisotopic (exact) mass is 226 g/mol. The molecule has 2 rings (SSSR count). The van der Waals surface area contributed by atoms with Crippen LogP contribution in [0.1, 0.15) is 5.82 Å². The molecule has 1 aromatic rings. The molecule has 0 bridgehead atoms. The second kappa shape index (κ2) is 4.81. The average Bonchev–Trinajstić information content (AvgIpc) is 2.66. The molecule has 0 N–H and O–H groups in total. The molecule has 0 radical (unpaired) electrons. The van der Waals surface area contributed by atoms with E-state index in [0.29, 0.717) is 13.0 Å². The lowest BCUT2D eigenvalue weighted by molar-refractivity contribution is -0.128. The van der Waals surface area contributed by atoms with Gasteiger partial charge in [-0.1, -0.05) is 0 Å². The van der Waals surface area contributed by atoms with Gasteiger partial charge in [0.1, 0.15) is 11.9 Å². The van der Waals surface area contributed by atoms with Gasteiger partial charge in [-0.15, -0.1) is 0 Å². The molecule has 0 aliphatic carbocycles. The first-order chi connectivity index (χ1) is 7.27. The van der Waals surface area contributed by atoms with E-state index in [0.717, 1.165) is 17.3 Å². The van der Waals surface area contributed by atoms with Crippen molar-refractivity contribution in [3.05, 3.63) is 18.2 Å². The number of ether oxygens (including phenoxy) is 1. The zero-order valence-corrected chi connectivity index (χ0v) is 9.50. The molecular formula is C10H14N2O2S. The van der Waals surface area contributed by atoms with Crippen molar-refractivity contribution in [2.24, 2.45) is 7.05 Å². The highest BCUT2D eigenvalue weighted by atomic mass is 32.2. The molecular weight excluding hydrogens is 212 g/mol. The molecule has 1 atom stereocenters. The van der Waals surface area contributed by atoms with E-state index < -0.39 is 0 Å². The summed E-state index contributed by atoms with van der Waals surface area (Å²) in [6, 6.07) is 0. The van der Waals surface area contributed by atoms with Crippen molar-refractivity contribution < 1.29 is 9.53 Å². The predicted molar refractivity (Wildman–Crippen MR) is 59.0 cm³/mol. The van der Waals surface area contributed by atoms with E-state index in [4.69, 9.17) is 4.74 Å². The summed E-state index contributed by atoms with van der Waals surface area (Å²) in [7, 11) is 1.89. The first kappa shape index (κ1) is 10.7. The van der Waals surface area contributed by atoms with Gasteiger partial charge in [0, 0.05) is 30.9 Å². The molecule has 0 amide bonds. The van der Waals surface area contributed by atoms with Crippen LogP contribution in [0.25, 0.3) is 0 Å². The molecule has 1 fully saturated rings. The van der Waals surface area contributed by atoms with Crippen LogP contribution in [0.15, 0.2) is 12.4 Å². The van der Waals surface area contributed by atoms with E-state index in [9.17, 15) is 4.79 Å². The highest BCUT2D eigenvalue weighted by Crippen LogP contribution is 2.14. The first-order valence-corrected chi connectivity index (χ1v) is 6.11. The topological polar surface area (TPSA) is 44.1 Å². The average molecular weight is 226 g/mol. The van der Waals surface area contributed by atoms with Gasteiger partial charge < -0.3 is 9.30 Å². The van der Waals surface area contributed by atoms with Gasteiger partial charge in [-0.25, -0.2) is 4.98 Å². The number of aryl methyl sites for hydroxylation is 1. The van der Waals surface area contributed by atoms with Crippen molar-refractivity contribution >= 4 is 17.5 Å². The third kappa shape index (κ3) is 2.60. The molecule has 1 aliphatic heterocycles. The minimum Gasteiger partial charge on any atom is -0.369 e. The van der Waals surface area contributed by atoms with Crippen LogP contribution in [0.5, 0.6) is 0 Å². The molecule has 4 nitrogen and oxygen atoms in total. The molecule has 15 heavy (non-hydrogen) atoms. The Morgan fingerprint density at radius 2 is 2.67 bits per heavy atom. The quantitative estimate of drug-likeness (QED) is 0.759. The van der Waals surface area contributed by atoms with Gasteiger partial charge in [0.05, 0.1) is 13.0 Å². The molecule has 5 heteroatoms. The number of rotatable bonds is 3. The van der Waals surface area contributed by atoms with Crippen LogP contribution in [0.2, 0.25) is 0 Å². The van der Waals surface area contributed by atoms with Gasteiger partial charge in [0.2, 0.25) is 0 Å². The number of Topliss-reactive ketones (excluding diaryl/α,β-unsaturated/α-hetero) is 1. The van der Waals surface area contributed by atoms with E-state index >= 15 is 0 Å². The van der Waals surface area contributed by atoms with E-state index in [1.807, 2.05) is 17.8 Å². The Morgan fingerprint density at radius 3 is 3.27 bits per heavy atom. The van der Waals surface area contributed by atoms with Gasteiger partial charge in [-0.05, 0) is 0 Å². The van der Waals surface area contributed by atoms with Crippen LogP contribution in [-0.4, -0.2) is 39.6 Å². The Kier molecular flexibility index (Phi) is 3.43. The van der Waals surface area contributed by atoms with Gasteiger partial charge in [0.15, 0.2) is 5.78 Å². The van der Waals surface area contributed by atoms with E-state index in [1.165, 1.54) is 0 Å². The molecule has 1 unspecified atom stereocenters. The largest absolute Gasteiger partial charge is 0.369 e. The Bertz CT molecular complexity index is 345. The predicted octanol–water partition coefficient (Wildman–Crippen LogP) is 0.664.